The zero-order valence-corrected chi connectivity index (χ0v) is 14.2. The molecule has 7 nitrogen and oxygen atoms in total. The summed E-state index contributed by atoms with van der Waals surface area (Å²) in [6, 6.07) is 12.0. The first kappa shape index (κ1) is 16.5. The smallest absolute Gasteiger partial charge is 0.407 e. The van der Waals surface area contributed by atoms with E-state index in [-0.39, 0.29) is 25.6 Å². The lowest BCUT2D eigenvalue weighted by Crippen LogP contribution is -2.52. The van der Waals surface area contributed by atoms with Crippen LogP contribution in [0.15, 0.2) is 42.6 Å². The summed E-state index contributed by atoms with van der Waals surface area (Å²) in [5, 5.41) is 9.13. The maximum absolute atomic E-state index is 12.8. The number of anilines is 1. The lowest BCUT2D eigenvalue weighted by molar-refractivity contribution is -0.134. The molecule has 0 spiro atoms. The van der Waals surface area contributed by atoms with Gasteiger partial charge in [-0.3, -0.25) is 9.69 Å². The molecule has 1 atom stereocenters. The number of hydrogen-bond acceptors (Lipinski definition) is 4. The van der Waals surface area contributed by atoms with E-state index in [9.17, 15) is 9.59 Å². The Bertz CT molecular complexity index is 840. The fraction of sp³-hybridized carbons (Fsp3) is 0.316. The zero-order chi connectivity index (χ0) is 18.1. The maximum atomic E-state index is 12.8. The van der Waals surface area contributed by atoms with Crippen molar-refractivity contribution < 1.29 is 19.4 Å². The minimum absolute atomic E-state index is 0.0576. The molecular weight excluding hydrogens is 334 g/mol. The number of ether oxygens (including phenoxy) is 1. The van der Waals surface area contributed by atoms with E-state index in [1.54, 1.807) is 11.1 Å². The number of nitrogens with zero attached hydrogens (tertiary/aromatic N) is 3. The van der Waals surface area contributed by atoms with Crippen LogP contribution < -0.4 is 4.90 Å². The predicted octanol–water partition coefficient (Wildman–Crippen LogP) is 2.02. The van der Waals surface area contributed by atoms with Crippen LogP contribution >= 0.6 is 0 Å². The SMILES string of the molecule is O=C(O)N1CCOC(C(=O)N2CCc3cc(-c4ccccc4)cnc32)C1. The summed E-state index contributed by atoms with van der Waals surface area (Å²) in [6.07, 6.45) is 0.690. The van der Waals surface area contributed by atoms with E-state index in [0.717, 1.165) is 23.1 Å². The van der Waals surface area contributed by atoms with Crippen LogP contribution in [0.4, 0.5) is 10.6 Å². The molecule has 2 amide bonds. The molecule has 26 heavy (non-hydrogen) atoms. The molecule has 2 aliphatic rings. The van der Waals surface area contributed by atoms with Crippen molar-refractivity contribution in [1.82, 2.24) is 9.88 Å². The van der Waals surface area contributed by atoms with Gasteiger partial charge in [0.15, 0.2) is 6.10 Å². The van der Waals surface area contributed by atoms with Crippen LogP contribution in [0.1, 0.15) is 5.56 Å². The number of carbonyl (C=O) groups is 2. The van der Waals surface area contributed by atoms with Crippen LogP contribution in [0.2, 0.25) is 0 Å². The van der Waals surface area contributed by atoms with Crippen molar-refractivity contribution >= 4 is 17.8 Å². The molecule has 7 heteroatoms. The summed E-state index contributed by atoms with van der Waals surface area (Å²) in [7, 11) is 0. The number of amides is 2. The summed E-state index contributed by atoms with van der Waals surface area (Å²) in [5.41, 5.74) is 3.12. The molecule has 134 valence electrons. The van der Waals surface area contributed by atoms with Gasteiger partial charge in [-0.2, -0.15) is 0 Å². The first-order valence-corrected chi connectivity index (χ1v) is 8.58. The Kier molecular flexibility index (Phi) is 4.30. The number of carbonyl (C=O) groups excluding carboxylic acids is 1. The van der Waals surface area contributed by atoms with Gasteiger partial charge in [0.05, 0.1) is 13.2 Å². The second-order valence-electron chi connectivity index (χ2n) is 6.40. The number of carboxylic acid groups (broad SMARTS) is 1. The topological polar surface area (TPSA) is 83.0 Å². The van der Waals surface area contributed by atoms with Crippen LogP contribution in [-0.2, 0) is 16.0 Å². The van der Waals surface area contributed by atoms with Gasteiger partial charge in [0.2, 0.25) is 0 Å². The molecule has 1 fully saturated rings. The van der Waals surface area contributed by atoms with Crippen LogP contribution in [-0.4, -0.2) is 59.3 Å². The van der Waals surface area contributed by atoms with Crippen molar-refractivity contribution in [2.45, 2.75) is 12.5 Å². The first-order valence-electron chi connectivity index (χ1n) is 8.58. The van der Waals surface area contributed by atoms with E-state index >= 15 is 0 Å². The van der Waals surface area contributed by atoms with Gasteiger partial charge in [0.1, 0.15) is 5.82 Å². The molecular formula is C19H19N3O4. The quantitative estimate of drug-likeness (QED) is 0.893. The first-order chi connectivity index (χ1) is 12.6. The Morgan fingerprint density at radius 3 is 2.73 bits per heavy atom. The minimum atomic E-state index is -1.03. The Hall–Kier alpha value is -2.93. The Labute approximate surface area is 150 Å². The van der Waals surface area contributed by atoms with Crippen molar-refractivity contribution in [2.24, 2.45) is 0 Å². The number of rotatable bonds is 2. The average molecular weight is 353 g/mol. The molecule has 1 aromatic carbocycles. The fourth-order valence-corrected chi connectivity index (χ4v) is 3.42. The van der Waals surface area contributed by atoms with Crippen LogP contribution in [0, 0.1) is 0 Å². The molecule has 1 N–H and O–H groups in total. The van der Waals surface area contributed by atoms with Gasteiger partial charge in [-0.05, 0) is 23.6 Å². The molecule has 1 aromatic heterocycles. The van der Waals surface area contributed by atoms with Crippen molar-refractivity contribution in [3.8, 4) is 11.1 Å². The maximum Gasteiger partial charge on any atom is 0.407 e. The number of hydrogen-bond donors (Lipinski definition) is 1. The molecule has 0 aliphatic carbocycles. The van der Waals surface area contributed by atoms with Gasteiger partial charge >= 0.3 is 6.09 Å². The van der Waals surface area contributed by atoms with Crippen molar-refractivity contribution in [2.75, 3.05) is 31.1 Å². The van der Waals surface area contributed by atoms with Crippen LogP contribution in [0.3, 0.4) is 0 Å². The highest BCUT2D eigenvalue weighted by Gasteiger charge is 2.35. The summed E-state index contributed by atoms with van der Waals surface area (Å²) in [6.45, 7) is 1.10. The lowest BCUT2D eigenvalue weighted by atomic mass is 10.1. The third-order valence-electron chi connectivity index (χ3n) is 4.79. The largest absolute Gasteiger partial charge is 0.465 e. The number of fused-ring (bicyclic) bond motifs is 1. The van der Waals surface area contributed by atoms with E-state index in [0.29, 0.717) is 12.4 Å². The molecule has 0 radical (unpaired) electrons. The van der Waals surface area contributed by atoms with Crippen LogP contribution in [0.25, 0.3) is 11.1 Å². The van der Waals surface area contributed by atoms with E-state index in [1.807, 2.05) is 30.3 Å². The van der Waals surface area contributed by atoms with Crippen LogP contribution in [0.5, 0.6) is 0 Å². The van der Waals surface area contributed by atoms with Crippen molar-refractivity contribution in [3.63, 3.8) is 0 Å². The Morgan fingerprint density at radius 2 is 1.96 bits per heavy atom. The average Bonchev–Trinajstić information content (AvgIpc) is 3.11. The summed E-state index contributed by atoms with van der Waals surface area (Å²) in [4.78, 5) is 31.3. The molecule has 2 aromatic rings. The van der Waals surface area contributed by atoms with E-state index < -0.39 is 12.2 Å². The number of benzene rings is 1. The second kappa shape index (κ2) is 6.76. The normalized spacial score (nSPS) is 19.3. The molecule has 0 bridgehead atoms. The van der Waals surface area contributed by atoms with Gasteiger partial charge in [0, 0.05) is 24.8 Å². The Morgan fingerprint density at radius 1 is 1.15 bits per heavy atom. The third kappa shape index (κ3) is 3.01. The van der Waals surface area contributed by atoms with E-state index in [1.165, 1.54) is 4.90 Å². The lowest BCUT2D eigenvalue weighted by Gasteiger charge is -2.32. The highest BCUT2D eigenvalue weighted by molar-refractivity contribution is 5.98. The number of aromatic nitrogens is 1. The zero-order valence-electron chi connectivity index (χ0n) is 14.2. The van der Waals surface area contributed by atoms with Crippen molar-refractivity contribution in [3.05, 3.63) is 48.2 Å². The molecule has 2 aliphatic heterocycles. The second-order valence-corrected chi connectivity index (χ2v) is 6.40. The standard InChI is InChI=1S/C19H19N3O4/c23-18(16-12-21(19(24)25)8-9-26-16)22-7-6-14-10-15(11-20-17(14)22)13-4-2-1-3-5-13/h1-5,10-11,16H,6-9,12H2,(H,24,25). The summed E-state index contributed by atoms with van der Waals surface area (Å²) >= 11 is 0. The van der Waals surface area contributed by atoms with Gasteiger partial charge < -0.3 is 14.7 Å². The predicted molar refractivity (Wildman–Crippen MR) is 95.1 cm³/mol. The monoisotopic (exact) mass is 353 g/mol. The molecule has 0 saturated carbocycles. The van der Waals surface area contributed by atoms with Gasteiger partial charge in [-0.1, -0.05) is 30.3 Å². The minimum Gasteiger partial charge on any atom is -0.465 e. The highest BCUT2D eigenvalue weighted by atomic mass is 16.5. The molecule has 4 rings (SSSR count). The van der Waals surface area contributed by atoms with Gasteiger partial charge in [0.25, 0.3) is 5.91 Å². The van der Waals surface area contributed by atoms with E-state index in [2.05, 4.69) is 11.1 Å². The van der Waals surface area contributed by atoms with Gasteiger partial charge in [-0.15, -0.1) is 0 Å². The third-order valence-corrected chi connectivity index (χ3v) is 4.79. The highest BCUT2D eigenvalue weighted by Crippen LogP contribution is 2.30. The number of morpholine rings is 1. The summed E-state index contributed by atoms with van der Waals surface area (Å²) in [5.74, 6) is 0.417. The summed E-state index contributed by atoms with van der Waals surface area (Å²) < 4.78 is 5.52. The number of pyridine rings is 1. The molecule has 1 unspecified atom stereocenters. The van der Waals surface area contributed by atoms with E-state index in [4.69, 9.17) is 9.84 Å². The molecule has 3 heterocycles. The van der Waals surface area contributed by atoms with Gasteiger partial charge in [-0.25, -0.2) is 9.78 Å². The molecule has 1 saturated heterocycles. The Balaban J connectivity index is 1.54. The fourth-order valence-electron chi connectivity index (χ4n) is 3.42. The van der Waals surface area contributed by atoms with Crippen molar-refractivity contribution in [1.29, 1.82) is 0 Å².